The highest BCUT2D eigenvalue weighted by Gasteiger charge is 2.43. The molecule has 0 radical (unpaired) electrons. The molecule has 0 spiro atoms. The van der Waals surface area contributed by atoms with Gasteiger partial charge in [0, 0.05) is 29.3 Å². The number of carbonyl (C=O) groups excluding carboxylic acids is 2. The lowest BCUT2D eigenvalue weighted by molar-refractivity contribution is -0.144. The van der Waals surface area contributed by atoms with Crippen molar-refractivity contribution in [3.8, 4) is 0 Å². The molecular formula is C21H25NO3. The number of ketones is 1. The van der Waals surface area contributed by atoms with Gasteiger partial charge in [-0.25, -0.2) is 0 Å². The summed E-state index contributed by atoms with van der Waals surface area (Å²) in [5.74, 6) is -0.728. The van der Waals surface area contributed by atoms with Gasteiger partial charge in [-0.3, -0.25) is 9.59 Å². The van der Waals surface area contributed by atoms with Crippen molar-refractivity contribution in [3.63, 3.8) is 0 Å². The first-order valence-electron chi connectivity index (χ1n) is 8.83. The van der Waals surface area contributed by atoms with E-state index in [1.54, 1.807) is 0 Å². The van der Waals surface area contributed by atoms with Crippen molar-refractivity contribution in [3.05, 3.63) is 58.9 Å². The topological polar surface area (TPSA) is 55.4 Å². The van der Waals surface area contributed by atoms with Crippen molar-refractivity contribution in [2.45, 2.75) is 44.9 Å². The average molecular weight is 339 g/mol. The Hall–Kier alpha value is -2.36. The molecule has 0 saturated carbocycles. The quantitative estimate of drug-likeness (QED) is 0.851. The average Bonchev–Trinajstić information content (AvgIpc) is 2.60. The van der Waals surface area contributed by atoms with E-state index < -0.39 is 5.92 Å². The summed E-state index contributed by atoms with van der Waals surface area (Å²) in [6.45, 7) is 8.33. The van der Waals surface area contributed by atoms with E-state index in [0.717, 1.165) is 29.7 Å². The third-order valence-corrected chi connectivity index (χ3v) is 5.20. The number of hydrogen-bond acceptors (Lipinski definition) is 4. The van der Waals surface area contributed by atoms with Crippen LogP contribution in [0.3, 0.4) is 0 Å². The van der Waals surface area contributed by atoms with Crippen LogP contribution >= 0.6 is 0 Å². The van der Waals surface area contributed by atoms with E-state index in [2.05, 4.69) is 37.9 Å². The third-order valence-electron chi connectivity index (χ3n) is 5.20. The molecule has 1 aromatic rings. The summed E-state index contributed by atoms with van der Waals surface area (Å²) in [5, 5.41) is 3.21. The molecule has 25 heavy (non-hydrogen) atoms. The van der Waals surface area contributed by atoms with Gasteiger partial charge in [0.05, 0.1) is 7.11 Å². The molecule has 1 aromatic carbocycles. The van der Waals surface area contributed by atoms with Crippen molar-refractivity contribution >= 4 is 11.8 Å². The van der Waals surface area contributed by atoms with Crippen LogP contribution in [0.5, 0.6) is 0 Å². The third kappa shape index (κ3) is 3.13. The van der Waals surface area contributed by atoms with E-state index >= 15 is 0 Å². The summed E-state index contributed by atoms with van der Waals surface area (Å²) in [5.41, 5.74) is 4.45. The molecule has 132 valence electrons. The summed E-state index contributed by atoms with van der Waals surface area (Å²) >= 11 is 0. The number of carbonyl (C=O) groups is 2. The molecule has 1 aliphatic heterocycles. The van der Waals surface area contributed by atoms with Crippen molar-refractivity contribution in [1.29, 1.82) is 0 Å². The van der Waals surface area contributed by atoms with Gasteiger partial charge in [0.15, 0.2) is 5.78 Å². The van der Waals surface area contributed by atoms with E-state index in [4.69, 9.17) is 4.74 Å². The molecule has 1 heterocycles. The molecule has 0 bridgehead atoms. The fraction of sp³-hybridized carbons (Fsp3) is 0.429. The second kappa shape index (κ2) is 6.87. The van der Waals surface area contributed by atoms with E-state index in [1.807, 2.05) is 12.1 Å². The fourth-order valence-corrected chi connectivity index (χ4v) is 3.85. The number of rotatable bonds is 3. The number of Topliss-reactive ketones (excluding diaryl/α,β-unsaturated/α-hetero) is 1. The first kappa shape index (κ1) is 17.5. The largest absolute Gasteiger partial charge is 0.468 e. The van der Waals surface area contributed by atoms with E-state index in [1.165, 1.54) is 12.7 Å². The maximum atomic E-state index is 12.7. The minimum absolute atomic E-state index is 0.119. The highest BCUT2D eigenvalue weighted by atomic mass is 16.5. The Labute approximate surface area is 149 Å². The fourth-order valence-electron chi connectivity index (χ4n) is 3.85. The minimum atomic E-state index is -0.587. The molecular weight excluding hydrogens is 314 g/mol. The lowest BCUT2D eigenvalue weighted by atomic mass is 9.71. The van der Waals surface area contributed by atoms with Crippen LogP contribution in [-0.2, 0) is 14.3 Å². The van der Waals surface area contributed by atoms with Crippen molar-refractivity contribution in [2.75, 3.05) is 7.11 Å². The minimum Gasteiger partial charge on any atom is -0.468 e. The maximum absolute atomic E-state index is 12.7. The summed E-state index contributed by atoms with van der Waals surface area (Å²) in [6.07, 6.45) is 2.18. The number of esters is 1. The van der Waals surface area contributed by atoms with Gasteiger partial charge in [0.2, 0.25) is 0 Å². The number of hydrogen-bond donors (Lipinski definition) is 1. The Morgan fingerprint density at radius 1 is 1.24 bits per heavy atom. The van der Waals surface area contributed by atoms with Crippen molar-refractivity contribution < 1.29 is 14.3 Å². The molecule has 2 aliphatic rings. The zero-order valence-electron chi connectivity index (χ0n) is 15.1. The van der Waals surface area contributed by atoms with Gasteiger partial charge < -0.3 is 10.1 Å². The zero-order chi connectivity index (χ0) is 18.1. The van der Waals surface area contributed by atoms with Crippen molar-refractivity contribution in [2.24, 2.45) is 5.92 Å². The van der Waals surface area contributed by atoms with Crippen LogP contribution < -0.4 is 5.32 Å². The Bertz CT molecular complexity index is 743. The second-order valence-corrected chi connectivity index (χ2v) is 7.12. The monoisotopic (exact) mass is 339 g/mol. The van der Waals surface area contributed by atoms with Gasteiger partial charge in [0.25, 0.3) is 0 Å². The van der Waals surface area contributed by atoms with Crippen LogP contribution in [0.15, 0.2) is 47.8 Å². The van der Waals surface area contributed by atoms with Gasteiger partial charge in [0.1, 0.15) is 5.92 Å². The molecule has 2 atom stereocenters. The number of methoxy groups -OCH3 is 1. The second-order valence-electron chi connectivity index (χ2n) is 7.12. The molecule has 4 heteroatoms. The van der Waals surface area contributed by atoms with Crippen LogP contribution in [0.1, 0.15) is 56.1 Å². The zero-order valence-corrected chi connectivity index (χ0v) is 15.1. The standard InChI is InChI=1S/C21H25NO3/c1-12(2)14-8-10-15(11-9-14)19-18(21(24)25-4)13(3)22-16-6-5-7-17(23)20(16)19/h8-12,18-19,22H,3,5-7H2,1-2,4H3. The number of benzene rings is 1. The number of nitrogens with one attached hydrogen (secondary N) is 1. The van der Waals surface area contributed by atoms with E-state index in [9.17, 15) is 9.59 Å². The lowest BCUT2D eigenvalue weighted by Gasteiger charge is -2.38. The summed E-state index contributed by atoms with van der Waals surface area (Å²) < 4.78 is 5.02. The van der Waals surface area contributed by atoms with Gasteiger partial charge in [-0.05, 0) is 29.9 Å². The molecule has 0 fully saturated rings. The summed E-state index contributed by atoms with van der Waals surface area (Å²) in [6, 6.07) is 8.21. The first-order chi connectivity index (χ1) is 11.9. The SMILES string of the molecule is C=C1NC2=C(C(=O)CCC2)C(c2ccc(C(C)C)cc2)C1C(=O)OC. The number of allylic oxidation sites excluding steroid dienone is 2. The molecule has 2 unspecified atom stereocenters. The highest BCUT2D eigenvalue weighted by molar-refractivity contribution is 6.00. The van der Waals surface area contributed by atoms with Crippen LogP contribution in [-0.4, -0.2) is 18.9 Å². The molecule has 0 amide bonds. The molecule has 0 saturated heterocycles. The first-order valence-corrected chi connectivity index (χ1v) is 8.83. The van der Waals surface area contributed by atoms with Gasteiger partial charge in [-0.1, -0.05) is 44.7 Å². The molecule has 1 N–H and O–H groups in total. The van der Waals surface area contributed by atoms with Crippen LogP contribution in [0.2, 0.25) is 0 Å². The lowest BCUT2D eigenvalue weighted by Crippen LogP contribution is -2.40. The molecule has 4 nitrogen and oxygen atoms in total. The van der Waals surface area contributed by atoms with Crippen LogP contribution in [0.4, 0.5) is 0 Å². The van der Waals surface area contributed by atoms with Gasteiger partial charge in [-0.15, -0.1) is 0 Å². The Morgan fingerprint density at radius 2 is 1.92 bits per heavy atom. The highest BCUT2D eigenvalue weighted by Crippen LogP contribution is 2.44. The molecule has 1 aliphatic carbocycles. The van der Waals surface area contributed by atoms with Crippen molar-refractivity contribution in [1.82, 2.24) is 5.32 Å². The van der Waals surface area contributed by atoms with Crippen LogP contribution in [0, 0.1) is 5.92 Å². The van der Waals surface area contributed by atoms with E-state index in [-0.39, 0.29) is 17.7 Å². The van der Waals surface area contributed by atoms with Gasteiger partial charge >= 0.3 is 5.97 Å². The Kier molecular flexibility index (Phi) is 4.80. The number of ether oxygens (including phenoxy) is 1. The maximum Gasteiger partial charge on any atom is 0.315 e. The van der Waals surface area contributed by atoms with Gasteiger partial charge in [-0.2, -0.15) is 0 Å². The molecule has 3 rings (SSSR count). The van der Waals surface area contributed by atoms with Crippen LogP contribution in [0.25, 0.3) is 0 Å². The predicted molar refractivity (Wildman–Crippen MR) is 96.9 cm³/mol. The normalized spacial score (nSPS) is 23.4. The Morgan fingerprint density at radius 3 is 2.52 bits per heavy atom. The molecule has 0 aromatic heterocycles. The summed E-state index contributed by atoms with van der Waals surface area (Å²) in [4.78, 5) is 25.1. The summed E-state index contributed by atoms with van der Waals surface area (Å²) in [7, 11) is 1.38. The van der Waals surface area contributed by atoms with E-state index in [0.29, 0.717) is 18.0 Å². The Balaban J connectivity index is 2.12. The smallest absolute Gasteiger partial charge is 0.315 e. The predicted octanol–water partition coefficient (Wildman–Crippen LogP) is 3.81.